The van der Waals surface area contributed by atoms with Crippen molar-refractivity contribution in [2.24, 2.45) is 5.41 Å². The molecule has 0 radical (unpaired) electrons. The van der Waals surface area contributed by atoms with Crippen LogP contribution in [-0.4, -0.2) is 85.1 Å². The number of amides is 1. The molecule has 32 heavy (non-hydrogen) atoms. The van der Waals surface area contributed by atoms with Crippen molar-refractivity contribution < 1.29 is 38.1 Å². The van der Waals surface area contributed by atoms with E-state index in [4.69, 9.17) is 18.9 Å². The van der Waals surface area contributed by atoms with Gasteiger partial charge in [0.15, 0.2) is 0 Å². The quantitative estimate of drug-likeness (QED) is 0.284. The SMILES string of the molecule is CC(=O)N[C@@H](C(=O)OCCCN1CCOCC1)C(C)(C)SC(=O)OCOC(=O)C(C)(C)C. The highest BCUT2D eigenvalue weighted by Crippen LogP contribution is 2.31. The van der Waals surface area contributed by atoms with Crippen LogP contribution in [-0.2, 0) is 33.3 Å². The summed E-state index contributed by atoms with van der Waals surface area (Å²) in [7, 11) is 0. The van der Waals surface area contributed by atoms with E-state index >= 15 is 0 Å². The zero-order chi connectivity index (χ0) is 24.4. The van der Waals surface area contributed by atoms with Gasteiger partial charge in [0.25, 0.3) is 0 Å². The standard InChI is InChI=1S/C21H36N2O8S/c1-15(24)22-16(17(25)29-11-7-8-23-9-12-28-13-10-23)21(5,6)32-19(27)31-14-30-18(26)20(2,3)4/h16H,7-14H2,1-6H3,(H,22,24)/t16-/m0/s1. The normalized spacial score (nSPS) is 16.1. The van der Waals surface area contributed by atoms with Gasteiger partial charge in [-0.3, -0.25) is 14.5 Å². The Morgan fingerprint density at radius 3 is 2.22 bits per heavy atom. The third-order valence-corrected chi connectivity index (χ3v) is 5.62. The Hall–Kier alpha value is -1.85. The second kappa shape index (κ2) is 13.0. The molecule has 0 spiro atoms. The van der Waals surface area contributed by atoms with Gasteiger partial charge in [0.05, 0.1) is 30.0 Å². The molecule has 1 fully saturated rings. The van der Waals surface area contributed by atoms with Crippen molar-refractivity contribution in [2.75, 3.05) is 46.2 Å². The van der Waals surface area contributed by atoms with Gasteiger partial charge in [-0.25, -0.2) is 9.59 Å². The lowest BCUT2D eigenvalue weighted by Gasteiger charge is -2.31. The van der Waals surface area contributed by atoms with E-state index in [9.17, 15) is 19.2 Å². The largest absolute Gasteiger partial charge is 0.464 e. The predicted molar refractivity (Wildman–Crippen MR) is 119 cm³/mol. The number of carbonyl (C=O) groups is 4. The molecule has 1 N–H and O–H groups in total. The molecule has 1 aliphatic rings. The molecule has 0 aliphatic carbocycles. The summed E-state index contributed by atoms with van der Waals surface area (Å²) >= 11 is 0.711. The minimum atomic E-state index is -1.07. The number of carbonyl (C=O) groups excluding carboxylic acids is 4. The van der Waals surface area contributed by atoms with Crippen molar-refractivity contribution in [1.29, 1.82) is 0 Å². The molecular formula is C21H36N2O8S. The number of hydrogen-bond acceptors (Lipinski definition) is 10. The Labute approximate surface area is 194 Å². The first-order valence-corrected chi connectivity index (χ1v) is 11.4. The van der Waals surface area contributed by atoms with Gasteiger partial charge in [0.2, 0.25) is 12.7 Å². The summed E-state index contributed by atoms with van der Waals surface area (Å²) in [4.78, 5) is 50.5. The molecule has 1 amide bonds. The molecule has 1 aliphatic heterocycles. The van der Waals surface area contributed by atoms with E-state index in [0.717, 1.165) is 19.6 Å². The van der Waals surface area contributed by atoms with Crippen molar-refractivity contribution in [3.05, 3.63) is 0 Å². The average molecular weight is 477 g/mol. The fraction of sp³-hybridized carbons (Fsp3) is 0.810. The van der Waals surface area contributed by atoms with Crippen molar-refractivity contribution >= 4 is 34.9 Å². The van der Waals surface area contributed by atoms with Crippen LogP contribution in [0.15, 0.2) is 0 Å². The minimum Gasteiger partial charge on any atom is -0.464 e. The monoisotopic (exact) mass is 476 g/mol. The van der Waals surface area contributed by atoms with Gasteiger partial charge in [-0.05, 0) is 52.8 Å². The number of ether oxygens (including phenoxy) is 4. The molecule has 1 heterocycles. The van der Waals surface area contributed by atoms with Crippen molar-refractivity contribution in [3.8, 4) is 0 Å². The highest BCUT2D eigenvalue weighted by Gasteiger charge is 2.40. The van der Waals surface area contributed by atoms with Gasteiger partial charge in [-0.15, -0.1) is 0 Å². The minimum absolute atomic E-state index is 0.195. The molecular weight excluding hydrogens is 440 g/mol. The summed E-state index contributed by atoms with van der Waals surface area (Å²) in [6, 6.07) is -1.07. The van der Waals surface area contributed by atoms with Gasteiger partial charge in [-0.1, -0.05) is 0 Å². The lowest BCUT2D eigenvalue weighted by Crippen LogP contribution is -2.53. The average Bonchev–Trinajstić information content (AvgIpc) is 2.68. The highest BCUT2D eigenvalue weighted by molar-refractivity contribution is 8.14. The van der Waals surface area contributed by atoms with Crippen molar-refractivity contribution in [2.45, 2.75) is 58.8 Å². The summed E-state index contributed by atoms with van der Waals surface area (Å²) in [6.07, 6.45) is 0.646. The Balaban J connectivity index is 2.54. The molecule has 11 heteroatoms. The number of morpholine rings is 1. The Morgan fingerprint density at radius 2 is 1.66 bits per heavy atom. The second-order valence-electron chi connectivity index (χ2n) is 9.01. The van der Waals surface area contributed by atoms with Crippen LogP contribution in [0.4, 0.5) is 4.79 Å². The third-order valence-electron chi connectivity index (χ3n) is 4.57. The maximum Gasteiger partial charge on any atom is 0.370 e. The smallest absolute Gasteiger partial charge is 0.370 e. The predicted octanol–water partition coefficient (Wildman–Crippen LogP) is 1.95. The van der Waals surface area contributed by atoms with Crippen LogP contribution in [0.1, 0.15) is 48.0 Å². The molecule has 1 saturated heterocycles. The lowest BCUT2D eigenvalue weighted by molar-refractivity contribution is -0.160. The van der Waals surface area contributed by atoms with E-state index < -0.39 is 46.1 Å². The van der Waals surface area contributed by atoms with E-state index in [1.54, 1.807) is 34.6 Å². The van der Waals surface area contributed by atoms with Crippen LogP contribution in [0.25, 0.3) is 0 Å². The van der Waals surface area contributed by atoms with Crippen molar-refractivity contribution in [3.63, 3.8) is 0 Å². The Morgan fingerprint density at radius 1 is 1.03 bits per heavy atom. The first-order chi connectivity index (χ1) is 14.8. The number of hydrogen-bond donors (Lipinski definition) is 1. The molecule has 0 unspecified atom stereocenters. The van der Waals surface area contributed by atoms with E-state index in [-0.39, 0.29) is 6.61 Å². The number of rotatable bonds is 10. The molecule has 0 bridgehead atoms. The fourth-order valence-corrected chi connectivity index (χ4v) is 3.55. The van der Waals surface area contributed by atoms with Gasteiger partial charge in [0, 0.05) is 26.6 Å². The van der Waals surface area contributed by atoms with Gasteiger partial charge >= 0.3 is 17.2 Å². The molecule has 10 nitrogen and oxygen atoms in total. The first-order valence-electron chi connectivity index (χ1n) is 10.6. The van der Waals surface area contributed by atoms with Crippen LogP contribution in [0.2, 0.25) is 0 Å². The zero-order valence-corrected chi connectivity index (χ0v) is 20.7. The molecule has 184 valence electrons. The summed E-state index contributed by atoms with van der Waals surface area (Å²) in [5.41, 5.74) is -0.721. The van der Waals surface area contributed by atoms with E-state index in [0.29, 0.717) is 31.4 Å². The van der Waals surface area contributed by atoms with Crippen LogP contribution < -0.4 is 5.32 Å². The molecule has 0 aromatic rings. The number of esters is 2. The van der Waals surface area contributed by atoms with Crippen LogP contribution in [0.3, 0.4) is 0 Å². The topological polar surface area (TPSA) is 120 Å². The second-order valence-corrected chi connectivity index (χ2v) is 10.6. The molecule has 1 rings (SSSR count). The van der Waals surface area contributed by atoms with Crippen LogP contribution in [0.5, 0.6) is 0 Å². The third kappa shape index (κ3) is 10.6. The zero-order valence-electron chi connectivity index (χ0n) is 19.9. The molecule has 1 atom stereocenters. The maximum absolute atomic E-state index is 12.7. The van der Waals surface area contributed by atoms with Gasteiger partial charge < -0.3 is 24.3 Å². The highest BCUT2D eigenvalue weighted by atomic mass is 32.2. The Bertz CT molecular complexity index is 657. The summed E-state index contributed by atoms with van der Waals surface area (Å²) in [6.45, 7) is 13.1. The van der Waals surface area contributed by atoms with Crippen molar-refractivity contribution in [1.82, 2.24) is 10.2 Å². The molecule has 0 aromatic heterocycles. The maximum atomic E-state index is 12.7. The Kier molecular flexibility index (Phi) is 11.5. The van der Waals surface area contributed by atoms with E-state index in [1.165, 1.54) is 6.92 Å². The first kappa shape index (κ1) is 28.2. The van der Waals surface area contributed by atoms with E-state index in [2.05, 4.69) is 10.2 Å². The number of nitrogens with one attached hydrogen (secondary N) is 1. The summed E-state index contributed by atoms with van der Waals surface area (Å²) in [5.74, 6) is -1.57. The summed E-state index contributed by atoms with van der Waals surface area (Å²) in [5, 5.41) is 1.81. The van der Waals surface area contributed by atoms with Crippen LogP contribution in [0, 0.1) is 5.41 Å². The molecule has 0 saturated carbocycles. The van der Waals surface area contributed by atoms with Crippen LogP contribution >= 0.6 is 11.8 Å². The summed E-state index contributed by atoms with van der Waals surface area (Å²) < 4.78 is 19.5. The van der Waals surface area contributed by atoms with Gasteiger partial charge in [-0.2, -0.15) is 0 Å². The van der Waals surface area contributed by atoms with Gasteiger partial charge in [0.1, 0.15) is 6.04 Å². The fourth-order valence-electron chi connectivity index (χ4n) is 2.74. The lowest BCUT2D eigenvalue weighted by atomic mass is 9.98. The molecule has 0 aromatic carbocycles. The number of thioether (sulfide) groups is 1. The number of nitrogens with zero attached hydrogens (tertiary/aromatic N) is 1. The van der Waals surface area contributed by atoms with E-state index in [1.807, 2.05) is 0 Å².